The van der Waals surface area contributed by atoms with Gasteiger partial charge in [-0.25, -0.2) is 4.98 Å². The second kappa shape index (κ2) is 2.09. The standard InChI is InChI=1S/C4H6N2OS/c1-8(7)4-5-2-3-6-4/h2-3H,1H3,(H,5,6). The molecular formula is C4H6N2OS. The van der Waals surface area contributed by atoms with Crippen molar-refractivity contribution >= 4 is 10.8 Å². The normalized spacial score (nSPS) is 13.6. The first-order valence-corrected chi connectivity index (χ1v) is 3.69. The summed E-state index contributed by atoms with van der Waals surface area (Å²) < 4.78 is 10.5. The van der Waals surface area contributed by atoms with Crippen molar-refractivity contribution in [2.75, 3.05) is 6.26 Å². The monoisotopic (exact) mass is 130 g/mol. The summed E-state index contributed by atoms with van der Waals surface area (Å²) in [5.74, 6) is 0. The van der Waals surface area contributed by atoms with E-state index in [0.29, 0.717) is 5.16 Å². The Morgan fingerprint density at radius 1 is 1.88 bits per heavy atom. The van der Waals surface area contributed by atoms with Crippen LogP contribution in [0.5, 0.6) is 0 Å². The molecule has 0 aliphatic carbocycles. The first kappa shape index (κ1) is 5.50. The van der Waals surface area contributed by atoms with E-state index in [1.54, 1.807) is 18.6 Å². The lowest BCUT2D eigenvalue weighted by Crippen LogP contribution is -1.87. The Morgan fingerprint density at radius 2 is 2.62 bits per heavy atom. The number of H-pyrrole nitrogens is 1. The van der Waals surface area contributed by atoms with Crippen molar-refractivity contribution in [3.05, 3.63) is 12.4 Å². The average molecular weight is 130 g/mol. The Labute approximate surface area is 49.6 Å². The van der Waals surface area contributed by atoms with E-state index in [1.807, 2.05) is 0 Å². The molecule has 0 fully saturated rings. The maximum absolute atomic E-state index is 10.5. The second-order valence-electron chi connectivity index (χ2n) is 1.35. The molecule has 1 unspecified atom stereocenters. The topological polar surface area (TPSA) is 45.8 Å². The van der Waals surface area contributed by atoms with E-state index >= 15 is 0 Å². The first-order chi connectivity index (χ1) is 3.80. The molecular weight excluding hydrogens is 124 g/mol. The van der Waals surface area contributed by atoms with E-state index in [0.717, 1.165) is 0 Å². The molecule has 1 rings (SSSR count). The lowest BCUT2D eigenvalue weighted by Gasteiger charge is -1.81. The average Bonchev–Trinajstić information content (AvgIpc) is 2.12. The van der Waals surface area contributed by atoms with E-state index < -0.39 is 10.8 Å². The molecule has 8 heavy (non-hydrogen) atoms. The summed E-state index contributed by atoms with van der Waals surface area (Å²) in [7, 11) is -0.965. The molecule has 4 heteroatoms. The summed E-state index contributed by atoms with van der Waals surface area (Å²) in [6.07, 6.45) is 4.81. The molecule has 0 radical (unpaired) electrons. The fraction of sp³-hybridized carbons (Fsp3) is 0.250. The van der Waals surface area contributed by atoms with Gasteiger partial charge in [-0.3, -0.25) is 4.21 Å². The van der Waals surface area contributed by atoms with Crippen LogP contribution in [0.15, 0.2) is 17.6 Å². The number of aromatic nitrogens is 2. The van der Waals surface area contributed by atoms with Crippen LogP contribution in [-0.4, -0.2) is 20.4 Å². The summed E-state index contributed by atoms with van der Waals surface area (Å²) >= 11 is 0. The maximum atomic E-state index is 10.5. The number of rotatable bonds is 1. The van der Waals surface area contributed by atoms with Crippen molar-refractivity contribution in [3.8, 4) is 0 Å². The Bertz CT molecular complexity index is 182. The predicted molar refractivity (Wildman–Crippen MR) is 30.9 cm³/mol. The molecule has 1 heterocycles. The van der Waals surface area contributed by atoms with Gasteiger partial charge in [-0.1, -0.05) is 0 Å². The summed E-state index contributed by atoms with van der Waals surface area (Å²) in [5.41, 5.74) is 0. The zero-order valence-electron chi connectivity index (χ0n) is 4.42. The largest absolute Gasteiger partial charge is 0.338 e. The van der Waals surface area contributed by atoms with Crippen molar-refractivity contribution < 1.29 is 4.21 Å². The molecule has 44 valence electrons. The van der Waals surface area contributed by atoms with Gasteiger partial charge in [0.15, 0.2) is 5.16 Å². The number of nitrogens with one attached hydrogen (secondary N) is 1. The zero-order chi connectivity index (χ0) is 5.98. The highest BCUT2D eigenvalue weighted by molar-refractivity contribution is 7.84. The minimum Gasteiger partial charge on any atom is -0.338 e. The second-order valence-corrected chi connectivity index (χ2v) is 2.64. The van der Waals surface area contributed by atoms with Gasteiger partial charge < -0.3 is 4.98 Å². The third kappa shape index (κ3) is 0.949. The number of hydrogen-bond donors (Lipinski definition) is 1. The van der Waals surface area contributed by atoms with Gasteiger partial charge in [0.2, 0.25) is 0 Å². The SMILES string of the molecule is CS(=O)c1ncc[nH]1. The molecule has 1 aromatic rings. The Morgan fingerprint density at radius 3 is 2.88 bits per heavy atom. The summed E-state index contributed by atoms with van der Waals surface area (Å²) in [5, 5.41) is 0.532. The van der Waals surface area contributed by atoms with E-state index in [-0.39, 0.29) is 0 Å². The fourth-order valence-electron chi connectivity index (χ4n) is 0.408. The van der Waals surface area contributed by atoms with Gasteiger partial charge in [0, 0.05) is 18.6 Å². The summed E-state index contributed by atoms with van der Waals surface area (Å²) in [6, 6.07) is 0. The molecule has 0 saturated heterocycles. The minimum atomic E-state index is -0.965. The van der Waals surface area contributed by atoms with Crippen LogP contribution in [0.2, 0.25) is 0 Å². The van der Waals surface area contributed by atoms with E-state index in [9.17, 15) is 4.21 Å². The third-order valence-corrected chi connectivity index (χ3v) is 1.51. The van der Waals surface area contributed by atoms with Crippen LogP contribution in [-0.2, 0) is 10.8 Å². The van der Waals surface area contributed by atoms with Gasteiger partial charge in [-0.2, -0.15) is 0 Å². The molecule has 0 amide bonds. The van der Waals surface area contributed by atoms with Crippen LogP contribution >= 0.6 is 0 Å². The van der Waals surface area contributed by atoms with Gasteiger partial charge in [0.25, 0.3) is 0 Å². The highest BCUT2D eigenvalue weighted by Gasteiger charge is 1.94. The van der Waals surface area contributed by atoms with Crippen molar-refractivity contribution in [1.29, 1.82) is 0 Å². The summed E-state index contributed by atoms with van der Waals surface area (Å²) in [6.45, 7) is 0. The van der Waals surface area contributed by atoms with Gasteiger partial charge in [-0.15, -0.1) is 0 Å². The van der Waals surface area contributed by atoms with Crippen LogP contribution in [0.4, 0.5) is 0 Å². The molecule has 0 aliphatic heterocycles. The number of imidazole rings is 1. The van der Waals surface area contributed by atoms with Gasteiger partial charge in [0.1, 0.15) is 0 Å². The lowest BCUT2D eigenvalue weighted by molar-refractivity contribution is 0.681. The predicted octanol–water partition coefficient (Wildman–Crippen LogP) is 0.147. The van der Waals surface area contributed by atoms with Crippen molar-refractivity contribution in [1.82, 2.24) is 9.97 Å². The molecule has 0 spiro atoms. The molecule has 0 aliphatic rings. The molecule has 1 aromatic heterocycles. The highest BCUT2D eigenvalue weighted by atomic mass is 32.2. The summed E-state index contributed by atoms with van der Waals surface area (Å²) in [4.78, 5) is 6.49. The van der Waals surface area contributed by atoms with E-state index in [4.69, 9.17) is 0 Å². The zero-order valence-corrected chi connectivity index (χ0v) is 5.23. The maximum Gasteiger partial charge on any atom is 0.196 e. The third-order valence-electron chi connectivity index (χ3n) is 0.745. The van der Waals surface area contributed by atoms with Crippen LogP contribution in [0.25, 0.3) is 0 Å². The van der Waals surface area contributed by atoms with Crippen molar-refractivity contribution in [3.63, 3.8) is 0 Å². The molecule has 3 nitrogen and oxygen atoms in total. The molecule has 1 atom stereocenters. The molecule has 0 saturated carbocycles. The van der Waals surface area contributed by atoms with Crippen LogP contribution < -0.4 is 0 Å². The molecule has 0 aromatic carbocycles. The number of hydrogen-bond acceptors (Lipinski definition) is 2. The van der Waals surface area contributed by atoms with Gasteiger partial charge in [-0.05, 0) is 0 Å². The van der Waals surface area contributed by atoms with E-state index in [2.05, 4.69) is 9.97 Å². The van der Waals surface area contributed by atoms with E-state index in [1.165, 1.54) is 0 Å². The minimum absolute atomic E-state index is 0.532. The van der Waals surface area contributed by atoms with Crippen molar-refractivity contribution in [2.24, 2.45) is 0 Å². The van der Waals surface area contributed by atoms with Gasteiger partial charge in [0.05, 0.1) is 10.8 Å². The smallest absolute Gasteiger partial charge is 0.196 e. The van der Waals surface area contributed by atoms with Crippen LogP contribution in [0, 0.1) is 0 Å². The Balaban J connectivity index is 2.93. The Hall–Kier alpha value is -0.640. The molecule has 1 N–H and O–H groups in total. The quantitative estimate of drug-likeness (QED) is 0.588. The molecule has 0 bridgehead atoms. The van der Waals surface area contributed by atoms with Gasteiger partial charge >= 0.3 is 0 Å². The van der Waals surface area contributed by atoms with Crippen LogP contribution in [0.1, 0.15) is 0 Å². The first-order valence-electron chi connectivity index (χ1n) is 2.13. The Kier molecular flexibility index (Phi) is 1.43. The van der Waals surface area contributed by atoms with Crippen LogP contribution in [0.3, 0.4) is 0 Å². The van der Waals surface area contributed by atoms with Crippen molar-refractivity contribution in [2.45, 2.75) is 5.16 Å². The fourth-order valence-corrected chi connectivity index (χ4v) is 0.851. The highest BCUT2D eigenvalue weighted by Crippen LogP contribution is 1.91. The lowest BCUT2D eigenvalue weighted by atomic mass is 11.0. The number of aromatic amines is 1. The number of nitrogens with zero attached hydrogens (tertiary/aromatic N) is 1.